The Hall–Kier alpha value is -2.21. The monoisotopic (exact) mass is 375 g/mol. The summed E-state index contributed by atoms with van der Waals surface area (Å²) in [6, 6.07) is 8.28. The number of carbonyl (C=O) groups excluding carboxylic acids is 3. The molecule has 0 bridgehead atoms. The first-order valence-electron chi connectivity index (χ1n) is 9.89. The number of hydrogen-bond acceptors (Lipinski definition) is 4. The molecule has 1 aromatic rings. The van der Waals surface area contributed by atoms with E-state index >= 15 is 0 Å². The first kappa shape index (κ1) is 22.8. The van der Waals surface area contributed by atoms with E-state index in [0.29, 0.717) is 25.8 Å². The lowest BCUT2D eigenvalue weighted by atomic mass is 10.0. The van der Waals surface area contributed by atoms with Crippen molar-refractivity contribution in [3.63, 3.8) is 0 Å². The molecule has 150 valence electrons. The van der Waals surface area contributed by atoms with Gasteiger partial charge < -0.3 is 21.2 Å². The predicted octanol–water partition coefficient (Wildman–Crippen LogP) is 2.11. The van der Waals surface area contributed by atoms with Crippen LogP contribution in [0.4, 0.5) is 0 Å². The number of carbonyl (C=O) groups is 3. The lowest BCUT2D eigenvalue weighted by Crippen LogP contribution is -2.51. The second-order valence-electron chi connectivity index (χ2n) is 6.80. The van der Waals surface area contributed by atoms with E-state index in [1.165, 1.54) is 0 Å². The number of amides is 2. The highest BCUT2D eigenvalue weighted by Gasteiger charge is 2.23. The average Bonchev–Trinajstić information content (AvgIpc) is 2.67. The van der Waals surface area contributed by atoms with Crippen molar-refractivity contribution in [2.75, 3.05) is 6.54 Å². The summed E-state index contributed by atoms with van der Waals surface area (Å²) in [7, 11) is 0. The van der Waals surface area contributed by atoms with Crippen molar-refractivity contribution >= 4 is 18.1 Å². The largest absolute Gasteiger partial charge is 0.345 e. The van der Waals surface area contributed by atoms with Gasteiger partial charge in [0.05, 0.1) is 6.04 Å². The quantitative estimate of drug-likeness (QED) is 0.342. The van der Waals surface area contributed by atoms with E-state index in [-0.39, 0.29) is 11.8 Å². The van der Waals surface area contributed by atoms with Crippen molar-refractivity contribution in [2.24, 2.45) is 5.73 Å². The minimum atomic E-state index is -0.696. The Morgan fingerprint density at radius 3 is 2.44 bits per heavy atom. The Kier molecular flexibility index (Phi) is 11.8. The average molecular weight is 376 g/mol. The van der Waals surface area contributed by atoms with Crippen molar-refractivity contribution in [2.45, 2.75) is 70.4 Å². The van der Waals surface area contributed by atoms with Gasteiger partial charge in [-0.15, -0.1) is 0 Å². The molecular weight excluding hydrogens is 342 g/mol. The SMILES string of the molecule is CCCCCC(=O)N[C@@H](Cc1ccccc1)C(=O)N[C@H](C=O)CCCCN. The van der Waals surface area contributed by atoms with E-state index in [9.17, 15) is 14.4 Å². The van der Waals surface area contributed by atoms with E-state index in [0.717, 1.165) is 44.0 Å². The fourth-order valence-electron chi connectivity index (χ4n) is 2.83. The first-order chi connectivity index (χ1) is 13.1. The third-order valence-electron chi connectivity index (χ3n) is 4.40. The molecule has 6 nitrogen and oxygen atoms in total. The van der Waals surface area contributed by atoms with Gasteiger partial charge in [0.2, 0.25) is 11.8 Å². The van der Waals surface area contributed by atoms with Gasteiger partial charge in [-0.25, -0.2) is 0 Å². The predicted molar refractivity (Wildman–Crippen MR) is 107 cm³/mol. The lowest BCUT2D eigenvalue weighted by molar-refractivity contribution is -0.130. The minimum Gasteiger partial charge on any atom is -0.345 e. The van der Waals surface area contributed by atoms with Crippen LogP contribution in [0, 0.1) is 0 Å². The maximum atomic E-state index is 12.7. The Labute approximate surface area is 162 Å². The number of hydrogen-bond donors (Lipinski definition) is 3. The molecule has 0 aliphatic carbocycles. The van der Waals surface area contributed by atoms with Crippen LogP contribution in [-0.4, -0.2) is 36.7 Å². The van der Waals surface area contributed by atoms with Crippen LogP contribution in [-0.2, 0) is 20.8 Å². The molecule has 4 N–H and O–H groups in total. The maximum absolute atomic E-state index is 12.7. The third-order valence-corrected chi connectivity index (χ3v) is 4.40. The van der Waals surface area contributed by atoms with Crippen LogP contribution in [0.15, 0.2) is 30.3 Å². The Bertz CT molecular complexity index is 563. The summed E-state index contributed by atoms with van der Waals surface area (Å²) in [4.78, 5) is 36.2. The molecule has 2 amide bonds. The summed E-state index contributed by atoms with van der Waals surface area (Å²) in [5, 5.41) is 5.59. The second kappa shape index (κ2) is 13.9. The third kappa shape index (κ3) is 9.89. The Balaban J connectivity index is 2.71. The maximum Gasteiger partial charge on any atom is 0.243 e. The summed E-state index contributed by atoms with van der Waals surface area (Å²) in [6.45, 7) is 2.64. The number of benzene rings is 1. The molecule has 0 unspecified atom stereocenters. The van der Waals surface area contributed by atoms with Crippen molar-refractivity contribution in [1.82, 2.24) is 10.6 Å². The van der Waals surface area contributed by atoms with E-state index in [1.54, 1.807) is 0 Å². The molecule has 0 saturated carbocycles. The molecule has 1 aromatic carbocycles. The number of rotatable bonds is 14. The fraction of sp³-hybridized carbons (Fsp3) is 0.571. The van der Waals surface area contributed by atoms with Crippen molar-refractivity contribution in [3.05, 3.63) is 35.9 Å². The zero-order chi connectivity index (χ0) is 19.9. The van der Waals surface area contributed by atoms with Crippen LogP contribution >= 0.6 is 0 Å². The molecule has 27 heavy (non-hydrogen) atoms. The van der Waals surface area contributed by atoms with Gasteiger partial charge in [-0.1, -0.05) is 50.1 Å². The summed E-state index contributed by atoms with van der Waals surface area (Å²) in [6.07, 6.45) is 6.49. The van der Waals surface area contributed by atoms with E-state index in [2.05, 4.69) is 17.6 Å². The van der Waals surface area contributed by atoms with Crippen LogP contribution in [0.2, 0.25) is 0 Å². The topological polar surface area (TPSA) is 101 Å². The molecule has 0 spiro atoms. The van der Waals surface area contributed by atoms with Crippen LogP contribution in [0.5, 0.6) is 0 Å². The van der Waals surface area contributed by atoms with Gasteiger partial charge in [-0.05, 0) is 37.8 Å². The Morgan fingerprint density at radius 1 is 1.07 bits per heavy atom. The Morgan fingerprint density at radius 2 is 1.81 bits per heavy atom. The molecule has 2 atom stereocenters. The highest BCUT2D eigenvalue weighted by atomic mass is 16.2. The van der Waals surface area contributed by atoms with Gasteiger partial charge in [0.25, 0.3) is 0 Å². The normalized spacial score (nSPS) is 12.8. The second-order valence-corrected chi connectivity index (χ2v) is 6.80. The van der Waals surface area contributed by atoms with Gasteiger partial charge in [0.15, 0.2) is 0 Å². The zero-order valence-corrected chi connectivity index (χ0v) is 16.3. The molecule has 0 aliphatic heterocycles. The highest BCUT2D eigenvalue weighted by molar-refractivity contribution is 5.89. The molecule has 1 rings (SSSR count). The minimum absolute atomic E-state index is 0.134. The van der Waals surface area contributed by atoms with Gasteiger partial charge in [0, 0.05) is 12.8 Å². The summed E-state index contributed by atoms with van der Waals surface area (Å²) in [5.74, 6) is -0.460. The first-order valence-corrected chi connectivity index (χ1v) is 9.89. The van der Waals surface area contributed by atoms with Crippen LogP contribution in [0.3, 0.4) is 0 Å². The molecule has 0 saturated heterocycles. The number of nitrogens with one attached hydrogen (secondary N) is 2. The number of aldehydes is 1. The molecular formula is C21H33N3O3. The molecule has 0 heterocycles. The van der Waals surface area contributed by atoms with Gasteiger partial charge in [-0.2, -0.15) is 0 Å². The number of nitrogens with two attached hydrogens (primary N) is 1. The standard InChI is InChI=1S/C21H33N3O3/c1-2-3-5-13-20(26)24-19(15-17-10-6-4-7-11-17)21(27)23-18(16-25)12-8-9-14-22/h4,6-7,10-11,16,18-19H,2-3,5,8-9,12-15,22H2,1H3,(H,23,27)(H,24,26)/t18-,19-/m0/s1. The van der Waals surface area contributed by atoms with Crippen LogP contribution < -0.4 is 16.4 Å². The van der Waals surface area contributed by atoms with Crippen LogP contribution in [0.1, 0.15) is 57.4 Å². The molecule has 0 aliphatic rings. The van der Waals surface area contributed by atoms with Crippen molar-refractivity contribution in [3.8, 4) is 0 Å². The van der Waals surface area contributed by atoms with Crippen molar-refractivity contribution < 1.29 is 14.4 Å². The summed E-state index contributed by atoms with van der Waals surface area (Å²) >= 11 is 0. The fourth-order valence-corrected chi connectivity index (χ4v) is 2.83. The summed E-state index contributed by atoms with van der Waals surface area (Å²) < 4.78 is 0. The molecule has 0 radical (unpaired) electrons. The molecule has 6 heteroatoms. The van der Waals surface area contributed by atoms with Gasteiger partial charge >= 0.3 is 0 Å². The highest BCUT2D eigenvalue weighted by Crippen LogP contribution is 2.06. The van der Waals surface area contributed by atoms with E-state index in [4.69, 9.17) is 5.73 Å². The molecule has 0 fully saturated rings. The van der Waals surface area contributed by atoms with E-state index in [1.807, 2.05) is 30.3 Å². The van der Waals surface area contributed by atoms with Crippen LogP contribution in [0.25, 0.3) is 0 Å². The molecule has 0 aromatic heterocycles. The smallest absolute Gasteiger partial charge is 0.243 e. The van der Waals surface area contributed by atoms with Gasteiger partial charge in [0.1, 0.15) is 12.3 Å². The number of unbranched alkanes of at least 4 members (excludes halogenated alkanes) is 3. The van der Waals surface area contributed by atoms with Gasteiger partial charge in [-0.3, -0.25) is 9.59 Å². The lowest BCUT2D eigenvalue weighted by Gasteiger charge is -2.21. The van der Waals surface area contributed by atoms with Crippen molar-refractivity contribution in [1.29, 1.82) is 0 Å². The summed E-state index contributed by atoms with van der Waals surface area (Å²) in [5.41, 5.74) is 6.43. The van der Waals surface area contributed by atoms with E-state index < -0.39 is 12.1 Å². The zero-order valence-electron chi connectivity index (χ0n) is 16.3.